The summed E-state index contributed by atoms with van der Waals surface area (Å²) in [6.07, 6.45) is 6.55. The number of aromatic nitrogens is 2. The summed E-state index contributed by atoms with van der Waals surface area (Å²) < 4.78 is 11.7. The van der Waals surface area contributed by atoms with Crippen LogP contribution in [0.4, 0.5) is 0 Å². The molecule has 1 aromatic carbocycles. The van der Waals surface area contributed by atoms with Crippen LogP contribution < -0.4 is 9.47 Å². The van der Waals surface area contributed by atoms with Crippen molar-refractivity contribution in [1.29, 1.82) is 0 Å². The Bertz CT molecular complexity index is 899. The molecular weight excluding hydrogens is 378 g/mol. The number of piperidine rings is 1. The molecule has 2 aliphatic heterocycles. The lowest BCUT2D eigenvalue weighted by Gasteiger charge is -2.31. The van der Waals surface area contributed by atoms with E-state index in [9.17, 15) is 4.79 Å². The number of para-hydroxylation sites is 1. The van der Waals surface area contributed by atoms with E-state index in [0.29, 0.717) is 24.6 Å². The predicted octanol–water partition coefficient (Wildman–Crippen LogP) is 3.61. The molecule has 1 saturated heterocycles. The van der Waals surface area contributed by atoms with Crippen molar-refractivity contribution in [1.82, 2.24) is 14.9 Å². The summed E-state index contributed by atoms with van der Waals surface area (Å²) in [5.74, 6) is 1.99. The van der Waals surface area contributed by atoms with E-state index in [1.54, 1.807) is 12.4 Å². The van der Waals surface area contributed by atoms with E-state index in [1.165, 1.54) is 5.56 Å². The highest BCUT2D eigenvalue weighted by Crippen LogP contribution is 2.31. The van der Waals surface area contributed by atoms with E-state index in [4.69, 9.17) is 9.47 Å². The molecule has 30 heavy (non-hydrogen) atoms. The van der Waals surface area contributed by atoms with E-state index in [-0.39, 0.29) is 11.5 Å². The third kappa shape index (κ3) is 4.98. The molecule has 0 saturated carbocycles. The van der Waals surface area contributed by atoms with Gasteiger partial charge in [-0.25, -0.2) is 4.98 Å². The van der Waals surface area contributed by atoms with Crippen molar-refractivity contribution in [3.05, 3.63) is 47.4 Å². The van der Waals surface area contributed by atoms with Crippen molar-refractivity contribution < 1.29 is 14.3 Å². The van der Waals surface area contributed by atoms with Crippen LogP contribution in [-0.4, -0.2) is 45.9 Å². The largest absolute Gasteiger partial charge is 0.493 e. The lowest BCUT2D eigenvalue weighted by atomic mass is 9.88. The van der Waals surface area contributed by atoms with Crippen molar-refractivity contribution in [3.8, 4) is 11.6 Å². The highest BCUT2D eigenvalue weighted by Gasteiger charge is 2.28. The second kappa shape index (κ2) is 8.72. The minimum Gasteiger partial charge on any atom is -0.493 e. The van der Waals surface area contributed by atoms with Gasteiger partial charge in [0.1, 0.15) is 22.8 Å². The number of likely N-dealkylation sites (tertiary alicyclic amines) is 1. The fraction of sp³-hybridized carbons (Fsp3) is 0.542. The van der Waals surface area contributed by atoms with Gasteiger partial charge in [0.15, 0.2) is 0 Å². The number of hydrogen-bond donors (Lipinski definition) is 0. The van der Waals surface area contributed by atoms with Gasteiger partial charge in [-0.15, -0.1) is 0 Å². The van der Waals surface area contributed by atoms with Gasteiger partial charge < -0.3 is 9.47 Å². The molecular formula is C24H31N3O3. The van der Waals surface area contributed by atoms with Gasteiger partial charge in [-0.2, -0.15) is 0 Å². The van der Waals surface area contributed by atoms with Crippen LogP contribution in [0.2, 0.25) is 0 Å². The van der Waals surface area contributed by atoms with Crippen LogP contribution in [0.5, 0.6) is 11.6 Å². The molecule has 6 nitrogen and oxygen atoms in total. The molecule has 0 N–H and O–H groups in total. The first-order chi connectivity index (χ1) is 14.4. The van der Waals surface area contributed by atoms with Gasteiger partial charge in [-0.1, -0.05) is 18.2 Å². The monoisotopic (exact) mass is 409 g/mol. The number of nitrogens with zero attached hydrogens (tertiary/aromatic N) is 3. The summed E-state index contributed by atoms with van der Waals surface area (Å²) in [6.45, 7) is 9.21. The lowest BCUT2D eigenvalue weighted by molar-refractivity contribution is -0.123. The lowest BCUT2D eigenvalue weighted by Crippen LogP contribution is -2.37. The summed E-state index contributed by atoms with van der Waals surface area (Å²) in [5.41, 5.74) is 2.81. The first-order valence-electron chi connectivity index (χ1n) is 10.9. The third-order valence-electron chi connectivity index (χ3n) is 5.72. The second-order valence-electron chi connectivity index (χ2n) is 9.22. The van der Waals surface area contributed by atoms with E-state index in [2.05, 4.69) is 20.9 Å². The Hall–Kier alpha value is -2.47. The number of rotatable bonds is 6. The van der Waals surface area contributed by atoms with Gasteiger partial charge in [-0.3, -0.25) is 14.7 Å². The van der Waals surface area contributed by atoms with Crippen molar-refractivity contribution in [2.45, 2.75) is 58.6 Å². The summed E-state index contributed by atoms with van der Waals surface area (Å²) in [5, 5.41) is 0. The Balaban J connectivity index is 1.33. The molecule has 0 spiro atoms. The van der Waals surface area contributed by atoms with E-state index in [0.717, 1.165) is 56.0 Å². The van der Waals surface area contributed by atoms with Crippen LogP contribution >= 0.6 is 0 Å². The Morgan fingerprint density at radius 3 is 2.73 bits per heavy atom. The van der Waals surface area contributed by atoms with Crippen LogP contribution in [-0.2, 0) is 24.2 Å². The number of fused-ring (bicyclic) bond motifs is 1. The zero-order valence-electron chi connectivity index (χ0n) is 18.2. The zero-order valence-corrected chi connectivity index (χ0v) is 18.2. The Morgan fingerprint density at radius 1 is 1.20 bits per heavy atom. The molecule has 0 amide bonds. The fourth-order valence-electron chi connectivity index (χ4n) is 4.22. The normalized spacial score (nSPS) is 17.4. The highest BCUT2D eigenvalue weighted by atomic mass is 16.5. The predicted molar refractivity (Wildman–Crippen MR) is 115 cm³/mol. The van der Waals surface area contributed by atoms with Crippen LogP contribution in [0.25, 0.3) is 0 Å². The minimum atomic E-state index is -0.314. The van der Waals surface area contributed by atoms with Crippen molar-refractivity contribution in [2.24, 2.45) is 5.92 Å². The maximum Gasteiger partial charge on any atom is 0.237 e. The standard InChI is InChI=1S/C24H31N3O3/c1-24(2,3)30-23-20(25-10-11-26-23)16-27-12-7-17(8-13-27)21(28)15-19-6-4-5-18-9-14-29-22(18)19/h4-6,10-11,17H,7-9,12-16H2,1-3H3. The highest BCUT2D eigenvalue weighted by molar-refractivity contribution is 5.84. The van der Waals surface area contributed by atoms with Gasteiger partial charge in [-0.05, 0) is 52.3 Å². The number of ketones is 1. The maximum atomic E-state index is 12.9. The molecule has 0 radical (unpaired) electrons. The van der Waals surface area contributed by atoms with Crippen LogP contribution in [0.3, 0.4) is 0 Å². The molecule has 0 bridgehead atoms. The van der Waals surface area contributed by atoms with Crippen LogP contribution in [0.1, 0.15) is 50.4 Å². The van der Waals surface area contributed by atoms with Gasteiger partial charge in [0.05, 0.1) is 6.61 Å². The molecule has 0 aliphatic carbocycles. The van der Waals surface area contributed by atoms with Gasteiger partial charge in [0.2, 0.25) is 5.88 Å². The number of benzene rings is 1. The molecule has 1 fully saturated rings. The summed E-state index contributed by atoms with van der Waals surface area (Å²) in [7, 11) is 0. The number of Topliss-reactive ketones (excluding diaryl/α,β-unsaturated/α-hetero) is 1. The fourth-order valence-corrected chi connectivity index (χ4v) is 4.22. The molecule has 1 aromatic heterocycles. The number of carbonyl (C=O) groups is 1. The second-order valence-corrected chi connectivity index (χ2v) is 9.22. The molecule has 160 valence electrons. The molecule has 2 aliphatic rings. The van der Waals surface area contributed by atoms with E-state index >= 15 is 0 Å². The topological polar surface area (TPSA) is 64.6 Å². The Kier molecular flexibility index (Phi) is 6.04. The van der Waals surface area contributed by atoms with Crippen LogP contribution in [0, 0.1) is 5.92 Å². The number of ether oxygens (including phenoxy) is 2. The average molecular weight is 410 g/mol. The summed E-state index contributed by atoms with van der Waals surface area (Å²) in [4.78, 5) is 24.1. The van der Waals surface area contributed by atoms with Gasteiger partial charge in [0.25, 0.3) is 0 Å². The summed E-state index contributed by atoms with van der Waals surface area (Å²) >= 11 is 0. The van der Waals surface area contributed by atoms with E-state index < -0.39 is 0 Å². The molecule has 3 heterocycles. The third-order valence-corrected chi connectivity index (χ3v) is 5.72. The Morgan fingerprint density at radius 2 is 1.97 bits per heavy atom. The SMILES string of the molecule is CC(C)(C)Oc1nccnc1CN1CCC(C(=O)Cc2cccc3c2OCC3)CC1. The van der Waals surface area contributed by atoms with Crippen molar-refractivity contribution in [3.63, 3.8) is 0 Å². The van der Waals surface area contributed by atoms with Crippen molar-refractivity contribution >= 4 is 5.78 Å². The maximum absolute atomic E-state index is 12.9. The molecule has 4 rings (SSSR count). The smallest absolute Gasteiger partial charge is 0.237 e. The molecule has 0 atom stereocenters. The van der Waals surface area contributed by atoms with Gasteiger partial charge >= 0.3 is 0 Å². The Labute approximate surface area is 178 Å². The molecule has 0 unspecified atom stereocenters. The minimum absolute atomic E-state index is 0.116. The van der Waals surface area contributed by atoms with E-state index in [1.807, 2.05) is 32.9 Å². The van der Waals surface area contributed by atoms with Gasteiger partial charge in [0, 0.05) is 43.3 Å². The average Bonchev–Trinajstić information content (AvgIpc) is 3.19. The molecule has 6 heteroatoms. The zero-order chi connectivity index (χ0) is 21.1. The first-order valence-corrected chi connectivity index (χ1v) is 10.9. The first kappa shape index (κ1) is 20.8. The number of hydrogen-bond acceptors (Lipinski definition) is 6. The summed E-state index contributed by atoms with van der Waals surface area (Å²) in [6, 6.07) is 6.16. The number of carbonyl (C=O) groups excluding carboxylic acids is 1. The molecule has 2 aromatic rings. The van der Waals surface area contributed by atoms with Crippen LogP contribution in [0.15, 0.2) is 30.6 Å². The quantitative estimate of drug-likeness (QED) is 0.726. The van der Waals surface area contributed by atoms with Crippen molar-refractivity contribution in [2.75, 3.05) is 19.7 Å².